The van der Waals surface area contributed by atoms with Gasteiger partial charge in [0.25, 0.3) is 0 Å². The minimum atomic E-state index is 0.447. The van der Waals surface area contributed by atoms with E-state index in [1.165, 1.54) is 0 Å². The Labute approximate surface area is 121 Å². The summed E-state index contributed by atoms with van der Waals surface area (Å²) in [5.74, 6) is 1.22. The Morgan fingerprint density at radius 2 is 2.12 bits per heavy atom. The normalized spacial score (nSPS) is 10.9. The average Bonchev–Trinajstić information content (AvgIpc) is 2.71. The SMILES string of the molecule is CC(C)c1csc(Nc2ncc(Br)cc2Br)n1. The number of hydrogen-bond donors (Lipinski definition) is 1. The number of anilines is 2. The first-order valence-corrected chi connectivity index (χ1v) is 7.56. The summed E-state index contributed by atoms with van der Waals surface area (Å²) in [6.45, 7) is 4.26. The number of aromatic nitrogens is 2. The van der Waals surface area contributed by atoms with E-state index < -0.39 is 0 Å². The van der Waals surface area contributed by atoms with Crippen molar-refractivity contribution in [3.63, 3.8) is 0 Å². The molecule has 0 spiro atoms. The Kier molecular flexibility index (Phi) is 4.17. The van der Waals surface area contributed by atoms with Gasteiger partial charge in [0.1, 0.15) is 5.82 Å². The van der Waals surface area contributed by atoms with E-state index in [1.54, 1.807) is 17.5 Å². The smallest absolute Gasteiger partial charge is 0.188 e. The Balaban J connectivity index is 2.19. The Morgan fingerprint density at radius 1 is 1.35 bits per heavy atom. The maximum absolute atomic E-state index is 4.50. The fourth-order valence-corrected chi connectivity index (χ4v) is 3.17. The van der Waals surface area contributed by atoms with Crippen LogP contribution in [0.1, 0.15) is 25.5 Å². The van der Waals surface area contributed by atoms with Gasteiger partial charge in [-0.2, -0.15) is 0 Å². The molecule has 2 aromatic heterocycles. The van der Waals surface area contributed by atoms with Crippen molar-refractivity contribution in [3.8, 4) is 0 Å². The number of pyridine rings is 1. The first-order chi connectivity index (χ1) is 8.06. The van der Waals surface area contributed by atoms with E-state index in [-0.39, 0.29) is 0 Å². The number of hydrogen-bond acceptors (Lipinski definition) is 4. The van der Waals surface area contributed by atoms with Crippen LogP contribution in [0.5, 0.6) is 0 Å². The summed E-state index contributed by atoms with van der Waals surface area (Å²) >= 11 is 8.42. The minimum absolute atomic E-state index is 0.447. The van der Waals surface area contributed by atoms with Gasteiger partial charge in [0.05, 0.1) is 10.2 Å². The molecule has 1 N–H and O–H groups in total. The van der Waals surface area contributed by atoms with Crippen molar-refractivity contribution < 1.29 is 0 Å². The predicted molar refractivity (Wildman–Crippen MR) is 79.1 cm³/mol. The molecule has 17 heavy (non-hydrogen) atoms. The molecule has 0 saturated carbocycles. The van der Waals surface area contributed by atoms with Crippen LogP contribution in [-0.4, -0.2) is 9.97 Å². The Bertz CT molecular complexity index is 525. The van der Waals surface area contributed by atoms with Crippen LogP contribution in [0.15, 0.2) is 26.6 Å². The molecule has 0 unspecified atom stereocenters. The third-order valence-corrected chi connectivity index (χ3v) is 3.96. The van der Waals surface area contributed by atoms with Crippen LogP contribution >= 0.6 is 43.2 Å². The molecular weight excluding hydrogens is 366 g/mol. The molecule has 0 atom stereocenters. The van der Waals surface area contributed by atoms with Gasteiger partial charge in [-0.3, -0.25) is 0 Å². The highest BCUT2D eigenvalue weighted by molar-refractivity contribution is 9.11. The lowest BCUT2D eigenvalue weighted by molar-refractivity contribution is 0.834. The molecule has 0 aromatic carbocycles. The summed E-state index contributed by atoms with van der Waals surface area (Å²) in [6.07, 6.45) is 1.75. The van der Waals surface area contributed by atoms with E-state index in [9.17, 15) is 0 Å². The zero-order valence-electron chi connectivity index (χ0n) is 9.37. The maximum atomic E-state index is 4.50. The average molecular weight is 377 g/mol. The van der Waals surface area contributed by atoms with Crippen molar-refractivity contribution >= 4 is 54.1 Å². The molecular formula is C11H11Br2N3S. The highest BCUT2D eigenvalue weighted by Crippen LogP contribution is 2.29. The van der Waals surface area contributed by atoms with E-state index in [0.29, 0.717) is 5.92 Å². The van der Waals surface area contributed by atoms with E-state index in [0.717, 1.165) is 25.6 Å². The number of nitrogens with one attached hydrogen (secondary N) is 1. The van der Waals surface area contributed by atoms with Gasteiger partial charge in [-0.25, -0.2) is 9.97 Å². The molecule has 0 bridgehead atoms. The van der Waals surface area contributed by atoms with E-state index in [1.807, 2.05) is 6.07 Å². The number of nitrogens with zero attached hydrogens (tertiary/aromatic N) is 2. The third-order valence-electron chi connectivity index (χ3n) is 2.15. The van der Waals surface area contributed by atoms with Crippen LogP contribution in [0.4, 0.5) is 10.9 Å². The van der Waals surface area contributed by atoms with Gasteiger partial charge in [-0.15, -0.1) is 11.3 Å². The van der Waals surface area contributed by atoms with Gasteiger partial charge in [0.2, 0.25) is 0 Å². The number of halogens is 2. The van der Waals surface area contributed by atoms with Gasteiger partial charge < -0.3 is 5.32 Å². The van der Waals surface area contributed by atoms with E-state index in [2.05, 4.69) is 66.4 Å². The largest absolute Gasteiger partial charge is 0.315 e. The molecule has 0 radical (unpaired) electrons. The standard InChI is InChI=1S/C11H11Br2N3S/c1-6(2)9-5-17-11(15-9)16-10-8(13)3-7(12)4-14-10/h3-6H,1-2H3,(H,14,15,16). The van der Waals surface area contributed by atoms with Crippen LogP contribution in [0.25, 0.3) is 0 Å². The zero-order chi connectivity index (χ0) is 12.4. The highest BCUT2D eigenvalue weighted by atomic mass is 79.9. The monoisotopic (exact) mass is 375 g/mol. The molecule has 0 aliphatic carbocycles. The summed E-state index contributed by atoms with van der Waals surface area (Å²) in [5.41, 5.74) is 1.10. The molecule has 0 aliphatic rings. The van der Waals surface area contributed by atoms with Gasteiger partial charge in [0.15, 0.2) is 5.13 Å². The fraction of sp³-hybridized carbons (Fsp3) is 0.273. The van der Waals surface area contributed by atoms with Crippen LogP contribution in [-0.2, 0) is 0 Å². The quantitative estimate of drug-likeness (QED) is 0.825. The van der Waals surface area contributed by atoms with Crippen LogP contribution in [0.2, 0.25) is 0 Å². The maximum Gasteiger partial charge on any atom is 0.188 e. The summed E-state index contributed by atoms with van der Waals surface area (Å²) in [7, 11) is 0. The van der Waals surface area contributed by atoms with Crippen molar-refractivity contribution in [2.24, 2.45) is 0 Å². The van der Waals surface area contributed by atoms with Crippen LogP contribution < -0.4 is 5.32 Å². The Hall–Kier alpha value is -0.460. The van der Waals surface area contributed by atoms with Crippen LogP contribution in [0.3, 0.4) is 0 Å². The molecule has 90 valence electrons. The molecule has 2 rings (SSSR count). The first kappa shape index (κ1) is 13.0. The lowest BCUT2D eigenvalue weighted by Crippen LogP contribution is -1.95. The molecule has 6 heteroatoms. The lowest BCUT2D eigenvalue weighted by Gasteiger charge is -2.04. The molecule has 0 fully saturated rings. The second kappa shape index (κ2) is 5.46. The van der Waals surface area contributed by atoms with Gasteiger partial charge in [-0.1, -0.05) is 13.8 Å². The van der Waals surface area contributed by atoms with Crippen molar-refractivity contribution in [1.29, 1.82) is 0 Å². The third kappa shape index (κ3) is 3.26. The second-order valence-electron chi connectivity index (χ2n) is 3.84. The molecule has 0 aliphatic heterocycles. The van der Waals surface area contributed by atoms with Gasteiger partial charge >= 0.3 is 0 Å². The highest BCUT2D eigenvalue weighted by Gasteiger charge is 2.08. The van der Waals surface area contributed by atoms with E-state index >= 15 is 0 Å². The summed E-state index contributed by atoms with van der Waals surface area (Å²) in [4.78, 5) is 8.79. The molecule has 3 nitrogen and oxygen atoms in total. The van der Waals surface area contributed by atoms with Crippen molar-refractivity contribution in [1.82, 2.24) is 9.97 Å². The molecule has 2 heterocycles. The first-order valence-electron chi connectivity index (χ1n) is 5.09. The number of thiazole rings is 1. The minimum Gasteiger partial charge on any atom is -0.315 e. The fourth-order valence-electron chi connectivity index (χ4n) is 1.22. The second-order valence-corrected chi connectivity index (χ2v) is 6.47. The zero-order valence-corrected chi connectivity index (χ0v) is 13.4. The van der Waals surface area contributed by atoms with Crippen molar-refractivity contribution in [3.05, 3.63) is 32.3 Å². The predicted octanol–water partition coefficient (Wildman–Crippen LogP) is 4.93. The van der Waals surface area contributed by atoms with Crippen molar-refractivity contribution in [2.75, 3.05) is 5.32 Å². The van der Waals surface area contributed by atoms with Gasteiger partial charge in [0, 0.05) is 16.0 Å². The molecule has 0 saturated heterocycles. The van der Waals surface area contributed by atoms with E-state index in [4.69, 9.17) is 0 Å². The van der Waals surface area contributed by atoms with Crippen LogP contribution in [0, 0.1) is 0 Å². The van der Waals surface area contributed by atoms with Gasteiger partial charge in [-0.05, 0) is 43.8 Å². The molecule has 2 aromatic rings. The summed E-state index contributed by atoms with van der Waals surface area (Å²) < 4.78 is 1.85. The molecule has 0 amide bonds. The summed E-state index contributed by atoms with van der Waals surface area (Å²) in [5, 5.41) is 6.14. The van der Waals surface area contributed by atoms with Crippen molar-refractivity contribution in [2.45, 2.75) is 19.8 Å². The summed E-state index contributed by atoms with van der Waals surface area (Å²) in [6, 6.07) is 1.95. The lowest BCUT2D eigenvalue weighted by atomic mass is 10.2. The number of rotatable bonds is 3. The Morgan fingerprint density at radius 3 is 2.71 bits per heavy atom. The topological polar surface area (TPSA) is 37.8 Å².